The number of rotatable bonds is 4. The fraction of sp³-hybridized carbons (Fsp3) is 0.714. The molecular weight excluding hydrogens is 112 g/mol. The quantitative estimate of drug-likeness (QED) is 0.308. The molecule has 1 heteroatoms. The Hall–Kier alpha value is -0.0431. The molecule has 0 rings (SSSR count). The molecule has 0 aliphatic carbocycles. The van der Waals surface area contributed by atoms with Crippen LogP contribution < -0.4 is 0 Å². The highest BCUT2D eigenvalue weighted by Gasteiger charge is 1.76. The van der Waals surface area contributed by atoms with Crippen LogP contribution in [0.3, 0.4) is 0 Å². The molecule has 0 saturated heterocycles. The second-order valence-electron chi connectivity index (χ2n) is 2.02. The van der Waals surface area contributed by atoms with E-state index in [4.69, 9.17) is 0 Å². The molecule has 0 bridgehead atoms. The minimum Gasteiger partial charge on any atom is -0.0918 e. The predicted molar refractivity (Wildman–Crippen MR) is 43.3 cm³/mol. The molecule has 0 radical (unpaired) electrons. The molecule has 0 spiro atoms. The van der Waals surface area contributed by atoms with Crippen molar-refractivity contribution in [3.63, 3.8) is 0 Å². The summed E-state index contributed by atoms with van der Waals surface area (Å²) in [6.07, 6.45) is 5.80. The van der Waals surface area contributed by atoms with E-state index in [9.17, 15) is 0 Å². The normalized spacial score (nSPS) is 12.2. The average molecular weight is 128 g/mol. The zero-order valence-corrected chi connectivity index (χ0v) is 7.40. The molecule has 0 aromatic carbocycles. The highest BCUT2D eigenvalue weighted by atomic mass is 28.2. The Morgan fingerprint density at radius 2 is 2.00 bits per heavy atom. The first-order valence-corrected chi connectivity index (χ1v) is 5.56. The molecule has 0 unspecified atom stereocenters. The van der Waals surface area contributed by atoms with Crippen molar-refractivity contribution < 1.29 is 0 Å². The van der Waals surface area contributed by atoms with Crippen LogP contribution in [-0.2, 0) is 0 Å². The van der Waals surface area contributed by atoms with Crippen LogP contribution in [0.4, 0.5) is 0 Å². The molecule has 0 N–H and O–H groups in total. The maximum atomic E-state index is 2.33. The second kappa shape index (κ2) is 6.96. The molecule has 0 aromatic rings. The Morgan fingerprint density at radius 1 is 1.25 bits per heavy atom. The molecule has 0 aromatic heterocycles. The molecule has 8 heavy (non-hydrogen) atoms. The Kier molecular flexibility index (Phi) is 6.92. The van der Waals surface area contributed by atoms with Crippen LogP contribution in [0, 0.1) is 0 Å². The van der Waals surface area contributed by atoms with E-state index in [0.717, 1.165) is 0 Å². The van der Waals surface area contributed by atoms with Gasteiger partial charge in [-0.3, -0.25) is 0 Å². The first kappa shape index (κ1) is 7.96. The summed E-state index contributed by atoms with van der Waals surface area (Å²) >= 11 is 0. The van der Waals surface area contributed by atoms with E-state index in [-0.39, 0.29) is 0 Å². The van der Waals surface area contributed by atoms with Gasteiger partial charge in [0.25, 0.3) is 0 Å². The zero-order valence-electron chi connectivity index (χ0n) is 5.98. The van der Waals surface area contributed by atoms with E-state index in [0.29, 0.717) is 9.52 Å². The Balaban J connectivity index is 2.80. The summed E-state index contributed by atoms with van der Waals surface area (Å²) in [5.41, 5.74) is 0. The number of hydrogen-bond acceptors (Lipinski definition) is 0. The predicted octanol–water partition coefficient (Wildman–Crippen LogP) is 1.98. The Labute approximate surface area is 54.8 Å². The van der Waals surface area contributed by atoms with E-state index >= 15 is 0 Å². The molecule has 0 aliphatic rings. The summed E-state index contributed by atoms with van der Waals surface area (Å²) in [6, 6.07) is 2.86. The van der Waals surface area contributed by atoms with Gasteiger partial charge in [0.1, 0.15) is 0 Å². The summed E-state index contributed by atoms with van der Waals surface area (Å²) < 4.78 is 0. The van der Waals surface area contributed by atoms with Crippen LogP contribution in [0.1, 0.15) is 20.3 Å². The van der Waals surface area contributed by atoms with Crippen LogP contribution in [0.2, 0.25) is 12.1 Å². The summed E-state index contributed by atoms with van der Waals surface area (Å²) in [6.45, 7) is 4.47. The van der Waals surface area contributed by atoms with Gasteiger partial charge in [-0.05, 0) is 12.5 Å². The third-order valence-corrected chi connectivity index (χ3v) is 2.58. The van der Waals surface area contributed by atoms with Crippen molar-refractivity contribution in [2.45, 2.75) is 32.4 Å². The van der Waals surface area contributed by atoms with Gasteiger partial charge in [0.05, 0.1) is 0 Å². The Bertz CT molecular complexity index is 57.4. The molecule has 48 valence electrons. The third kappa shape index (κ3) is 5.96. The molecular formula is C7H16Si. The second-order valence-corrected chi connectivity index (χ2v) is 4.31. The third-order valence-electron chi connectivity index (χ3n) is 1.13. The molecule has 0 saturated carbocycles. The van der Waals surface area contributed by atoms with Gasteiger partial charge in [0, 0.05) is 9.52 Å². The average Bonchev–Trinajstić information content (AvgIpc) is 1.81. The van der Waals surface area contributed by atoms with Crippen molar-refractivity contribution in [2.75, 3.05) is 0 Å². The first-order valence-electron chi connectivity index (χ1n) is 3.56. The topological polar surface area (TPSA) is 0 Å². The minimum atomic E-state index is 0.315. The Morgan fingerprint density at radius 3 is 2.50 bits per heavy atom. The van der Waals surface area contributed by atoms with Crippen molar-refractivity contribution >= 4 is 9.52 Å². The lowest BCUT2D eigenvalue weighted by atomic mass is 10.4. The zero-order chi connectivity index (χ0) is 6.24. The number of allylic oxidation sites excluding steroid dienone is 2. The molecule has 0 fully saturated rings. The van der Waals surface area contributed by atoms with Gasteiger partial charge in [0.15, 0.2) is 0 Å². The van der Waals surface area contributed by atoms with E-state index in [2.05, 4.69) is 26.0 Å². The highest BCUT2D eigenvalue weighted by Crippen LogP contribution is 1.87. The van der Waals surface area contributed by atoms with Crippen molar-refractivity contribution in [1.82, 2.24) is 0 Å². The van der Waals surface area contributed by atoms with Crippen molar-refractivity contribution in [3.8, 4) is 0 Å². The van der Waals surface area contributed by atoms with Crippen LogP contribution in [0.25, 0.3) is 0 Å². The lowest BCUT2D eigenvalue weighted by molar-refractivity contribution is 1.21. The summed E-state index contributed by atoms with van der Waals surface area (Å²) in [4.78, 5) is 0. The van der Waals surface area contributed by atoms with Crippen molar-refractivity contribution in [1.29, 1.82) is 0 Å². The molecule has 0 atom stereocenters. The highest BCUT2D eigenvalue weighted by molar-refractivity contribution is 6.35. The van der Waals surface area contributed by atoms with Crippen LogP contribution in [-0.4, -0.2) is 9.52 Å². The summed E-state index contributed by atoms with van der Waals surface area (Å²) in [5.74, 6) is 0. The summed E-state index contributed by atoms with van der Waals surface area (Å²) in [5, 5.41) is 0. The summed E-state index contributed by atoms with van der Waals surface area (Å²) in [7, 11) is 0.315. The number of hydrogen-bond donors (Lipinski definition) is 0. The van der Waals surface area contributed by atoms with Gasteiger partial charge in [-0.25, -0.2) is 0 Å². The van der Waals surface area contributed by atoms with Gasteiger partial charge in [0.2, 0.25) is 0 Å². The van der Waals surface area contributed by atoms with E-state index < -0.39 is 0 Å². The fourth-order valence-electron chi connectivity index (χ4n) is 0.606. The molecule has 0 heterocycles. The monoisotopic (exact) mass is 128 g/mol. The fourth-order valence-corrected chi connectivity index (χ4v) is 1.49. The lowest BCUT2D eigenvalue weighted by Gasteiger charge is -1.84. The molecule has 0 nitrogen and oxygen atoms in total. The van der Waals surface area contributed by atoms with Gasteiger partial charge >= 0.3 is 0 Å². The van der Waals surface area contributed by atoms with Gasteiger partial charge in [-0.2, -0.15) is 0 Å². The largest absolute Gasteiger partial charge is 0.0918 e. The van der Waals surface area contributed by atoms with E-state index in [1.54, 1.807) is 0 Å². The molecule has 0 amide bonds. The van der Waals surface area contributed by atoms with Crippen molar-refractivity contribution in [3.05, 3.63) is 12.2 Å². The van der Waals surface area contributed by atoms with Gasteiger partial charge < -0.3 is 0 Å². The van der Waals surface area contributed by atoms with Crippen LogP contribution in [0.5, 0.6) is 0 Å². The maximum Gasteiger partial charge on any atom is 0.0237 e. The van der Waals surface area contributed by atoms with Gasteiger partial charge in [-0.1, -0.05) is 32.0 Å². The van der Waals surface area contributed by atoms with Crippen LogP contribution >= 0.6 is 0 Å². The smallest absolute Gasteiger partial charge is 0.0237 e. The van der Waals surface area contributed by atoms with Crippen LogP contribution in [0.15, 0.2) is 12.2 Å². The van der Waals surface area contributed by atoms with E-state index in [1.807, 2.05) is 0 Å². The lowest BCUT2D eigenvalue weighted by Crippen LogP contribution is -1.79. The first-order chi connectivity index (χ1) is 3.91. The maximum absolute atomic E-state index is 2.33. The standard InChI is InChI=1S/C7H16Si/c1-3-5-6-7-8-4-2/h5-6H,3-4,7-8H2,1-2H3. The minimum absolute atomic E-state index is 0.315. The van der Waals surface area contributed by atoms with E-state index in [1.165, 1.54) is 18.5 Å². The SMILES string of the molecule is CCC=CC[SiH2]CC. The van der Waals surface area contributed by atoms with Crippen molar-refractivity contribution in [2.24, 2.45) is 0 Å². The van der Waals surface area contributed by atoms with Gasteiger partial charge in [-0.15, -0.1) is 0 Å². The molecule has 0 aliphatic heterocycles.